The number of rotatable bonds is 3. The van der Waals surface area contributed by atoms with Gasteiger partial charge in [0, 0.05) is 30.1 Å². The molecule has 0 saturated carbocycles. The number of hydrogen-bond donors (Lipinski definition) is 1. The number of nitrogens with zero attached hydrogens (tertiary/aromatic N) is 1. The molecule has 1 saturated heterocycles. The third kappa shape index (κ3) is 2.15. The van der Waals surface area contributed by atoms with Crippen molar-refractivity contribution in [2.45, 2.75) is 32.7 Å². The Hall–Kier alpha value is -1.35. The largest absolute Gasteiger partial charge is 0.319 e. The second-order valence-electron chi connectivity index (χ2n) is 5.68. The molecule has 0 radical (unpaired) electrons. The smallest absolute Gasteiger partial charge is 0.227 e. The van der Waals surface area contributed by atoms with Crippen LogP contribution in [0.15, 0.2) is 24.3 Å². The minimum absolute atomic E-state index is 0.130. The summed E-state index contributed by atoms with van der Waals surface area (Å²) in [5, 5.41) is 3.19. The lowest BCUT2D eigenvalue weighted by Crippen LogP contribution is -2.46. The van der Waals surface area contributed by atoms with Crippen LogP contribution in [0.1, 0.15) is 25.8 Å². The summed E-state index contributed by atoms with van der Waals surface area (Å²) in [5.41, 5.74) is 2.10. The second-order valence-corrected chi connectivity index (χ2v) is 5.68. The molecular weight excluding hydrogens is 224 g/mol. The molecule has 0 spiro atoms. The van der Waals surface area contributed by atoms with E-state index >= 15 is 0 Å². The van der Waals surface area contributed by atoms with Crippen molar-refractivity contribution >= 4 is 11.6 Å². The lowest BCUT2D eigenvalue weighted by Gasteiger charge is -2.36. The van der Waals surface area contributed by atoms with Crippen molar-refractivity contribution in [2.75, 3.05) is 18.5 Å². The summed E-state index contributed by atoms with van der Waals surface area (Å²) in [7, 11) is 1.94. The Morgan fingerprint density at radius 2 is 1.94 bits per heavy atom. The van der Waals surface area contributed by atoms with Crippen LogP contribution in [0.3, 0.4) is 0 Å². The van der Waals surface area contributed by atoms with Crippen LogP contribution >= 0.6 is 0 Å². The van der Waals surface area contributed by atoms with Crippen LogP contribution in [0, 0.1) is 12.8 Å². The molecule has 0 aromatic heterocycles. The molecule has 1 N–H and O–H groups in total. The average molecular weight is 246 g/mol. The van der Waals surface area contributed by atoms with E-state index in [2.05, 4.69) is 38.2 Å². The molecule has 2 rings (SSSR count). The normalized spacial score (nSPS) is 22.6. The van der Waals surface area contributed by atoms with Crippen LogP contribution in [-0.2, 0) is 4.79 Å². The zero-order valence-corrected chi connectivity index (χ0v) is 11.7. The summed E-state index contributed by atoms with van der Waals surface area (Å²) in [6.45, 7) is 7.24. The van der Waals surface area contributed by atoms with Crippen LogP contribution < -0.4 is 10.2 Å². The first kappa shape index (κ1) is 13.1. The number of hydrogen-bond acceptors (Lipinski definition) is 2. The highest BCUT2D eigenvalue weighted by Crippen LogP contribution is 2.38. The predicted octanol–water partition coefficient (Wildman–Crippen LogP) is 2.35. The summed E-state index contributed by atoms with van der Waals surface area (Å²) < 4.78 is 0. The maximum Gasteiger partial charge on any atom is 0.227 e. The minimum atomic E-state index is -0.130. The zero-order valence-electron chi connectivity index (χ0n) is 11.7. The average Bonchev–Trinajstić information content (AvgIpc) is 2.52. The first-order chi connectivity index (χ1) is 8.46. The van der Waals surface area contributed by atoms with Crippen molar-refractivity contribution < 1.29 is 4.79 Å². The molecule has 1 fully saturated rings. The summed E-state index contributed by atoms with van der Waals surface area (Å²) in [6.07, 6.45) is 0.627. The van der Waals surface area contributed by atoms with Gasteiger partial charge in [-0.05, 0) is 40.0 Å². The van der Waals surface area contributed by atoms with E-state index in [1.165, 1.54) is 5.56 Å². The topological polar surface area (TPSA) is 32.3 Å². The lowest BCUT2D eigenvalue weighted by atomic mass is 9.88. The fourth-order valence-corrected chi connectivity index (χ4v) is 2.79. The van der Waals surface area contributed by atoms with Gasteiger partial charge in [0.05, 0.1) is 0 Å². The molecule has 1 amide bonds. The number of carbonyl (C=O) groups is 1. The Balaban J connectivity index is 2.32. The third-order valence-electron chi connectivity index (χ3n) is 3.99. The molecule has 18 heavy (non-hydrogen) atoms. The molecule has 3 heteroatoms. The summed E-state index contributed by atoms with van der Waals surface area (Å²) >= 11 is 0. The van der Waals surface area contributed by atoms with Crippen molar-refractivity contribution in [1.29, 1.82) is 0 Å². The Kier molecular flexibility index (Phi) is 3.44. The Labute approximate surface area is 109 Å². The van der Waals surface area contributed by atoms with E-state index in [1.54, 1.807) is 0 Å². The number of amides is 1. The fraction of sp³-hybridized carbons (Fsp3) is 0.533. The maximum atomic E-state index is 12.3. The molecule has 1 aliphatic rings. The number of carbonyl (C=O) groups excluding carboxylic acids is 1. The number of anilines is 1. The number of benzene rings is 1. The van der Waals surface area contributed by atoms with E-state index in [4.69, 9.17) is 0 Å². The van der Waals surface area contributed by atoms with Gasteiger partial charge in [-0.2, -0.15) is 0 Å². The van der Waals surface area contributed by atoms with Gasteiger partial charge >= 0.3 is 0 Å². The van der Waals surface area contributed by atoms with Gasteiger partial charge in [-0.15, -0.1) is 0 Å². The van der Waals surface area contributed by atoms with Gasteiger partial charge in [-0.1, -0.05) is 17.7 Å². The van der Waals surface area contributed by atoms with Crippen molar-refractivity contribution in [3.8, 4) is 0 Å². The standard InChI is InChI=1S/C15H22N2O/c1-11-5-7-13(8-6-11)17-14(18)9-12(10-16-4)15(17,2)3/h5-8,12,16H,9-10H2,1-4H3. The van der Waals surface area contributed by atoms with Crippen LogP contribution in [0.25, 0.3) is 0 Å². The summed E-state index contributed by atoms with van der Waals surface area (Å²) in [5.74, 6) is 0.584. The molecule has 3 nitrogen and oxygen atoms in total. The van der Waals surface area contributed by atoms with Crippen molar-refractivity contribution in [1.82, 2.24) is 5.32 Å². The van der Waals surface area contributed by atoms with E-state index in [-0.39, 0.29) is 11.4 Å². The van der Waals surface area contributed by atoms with E-state index in [1.807, 2.05) is 24.1 Å². The number of nitrogens with one attached hydrogen (secondary N) is 1. The SMILES string of the molecule is CNCC1CC(=O)N(c2ccc(C)cc2)C1(C)C. The Morgan fingerprint density at radius 1 is 1.33 bits per heavy atom. The molecule has 1 heterocycles. The Bertz CT molecular complexity index is 436. The van der Waals surface area contributed by atoms with Crippen LogP contribution in [0.2, 0.25) is 0 Å². The molecule has 1 unspecified atom stereocenters. The van der Waals surface area contributed by atoms with E-state index < -0.39 is 0 Å². The Morgan fingerprint density at radius 3 is 2.50 bits per heavy atom. The molecule has 98 valence electrons. The number of aryl methyl sites for hydroxylation is 1. The van der Waals surface area contributed by atoms with Gasteiger partial charge in [0.1, 0.15) is 0 Å². The first-order valence-corrected chi connectivity index (χ1v) is 6.51. The fourth-order valence-electron chi connectivity index (χ4n) is 2.79. The molecule has 1 aliphatic heterocycles. The molecule has 1 aromatic rings. The summed E-state index contributed by atoms with van der Waals surface area (Å²) in [4.78, 5) is 14.2. The quantitative estimate of drug-likeness (QED) is 0.888. The van der Waals surface area contributed by atoms with Crippen LogP contribution in [-0.4, -0.2) is 25.0 Å². The molecular formula is C15H22N2O. The van der Waals surface area contributed by atoms with Gasteiger partial charge < -0.3 is 10.2 Å². The van der Waals surface area contributed by atoms with Gasteiger partial charge in [0.2, 0.25) is 5.91 Å². The maximum absolute atomic E-state index is 12.3. The van der Waals surface area contributed by atoms with Gasteiger partial charge in [0.25, 0.3) is 0 Å². The molecule has 0 aliphatic carbocycles. The van der Waals surface area contributed by atoms with E-state index in [9.17, 15) is 4.79 Å². The minimum Gasteiger partial charge on any atom is -0.319 e. The predicted molar refractivity (Wildman–Crippen MR) is 74.8 cm³/mol. The van der Waals surface area contributed by atoms with E-state index in [0.29, 0.717) is 12.3 Å². The van der Waals surface area contributed by atoms with Crippen molar-refractivity contribution in [2.24, 2.45) is 5.92 Å². The highest BCUT2D eigenvalue weighted by Gasteiger charge is 2.46. The van der Waals surface area contributed by atoms with Crippen LogP contribution in [0.5, 0.6) is 0 Å². The molecule has 0 bridgehead atoms. The van der Waals surface area contributed by atoms with Gasteiger partial charge in [0.15, 0.2) is 0 Å². The highest BCUT2D eigenvalue weighted by molar-refractivity contribution is 5.97. The third-order valence-corrected chi connectivity index (χ3v) is 3.99. The molecule has 1 atom stereocenters. The van der Waals surface area contributed by atoms with Crippen molar-refractivity contribution in [3.63, 3.8) is 0 Å². The highest BCUT2D eigenvalue weighted by atomic mass is 16.2. The zero-order chi connectivity index (χ0) is 13.3. The second kappa shape index (κ2) is 4.73. The van der Waals surface area contributed by atoms with Gasteiger partial charge in [-0.3, -0.25) is 4.79 Å². The van der Waals surface area contributed by atoms with Gasteiger partial charge in [-0.25, -0.2) is 0 Å². The first-order valence-electron chi connectivity index (χ1n) is 6.51. The summed E-state index contributed by atoms with van der Waals surface area (Å²) in [6, 6.07) is 8.20. The molecule has 1 aromatic carbocycles. The van der Waals surface area contributed by atoms with E-state index in [0.717, 1.165) is 12.2 Å². The van der Waals surface area contributed by atoms with Crippen LogP contribution in [0.4, 0.5) is 5.69 Å². The monoisotopic (exact) mass is 246 g/mol. The lowest BCUT2D eigenvalue weighted by molar-refractivity contribution is -0.117. The van der Waals surface area contributed by atoms with Crippen molar-refractivity contribution in [3.05, 3.63) is 29.8 Å².